The lowest BCUT2D eigenvalue weighted by Crippen LogP contribution is -2.11. The van der Waals surface area contributed by atoms with Crippen molar-refractivity contribution in [2.75, 3.05) is 5.32 Å². The van der Waals surface area contributed by atoms with Gasteiger partial charge in [-0.15, -0.1) is 0 Å². The number of aromatic amines is 1. The zero-order valence-corrected chi connectivity index (χ0v) is 12.1. The van der Waals surface area contributed by atoms with E-state index >= 15 is 0 Å². The highest BCUT2D eigenvalue weighted by atomic mass is 16.1. The van der Waals surface area contributed by atoms with E-state index in [4.69, 9.17) is 0 Å². The van der Waals surface area contributed by atoms with Gasteiger partial charge in [0, 0.05) is 36.5 Å². The number of anilines is 1. The highest BCUT2D eigenvalue weighted by molar-refractivity contribution is 6.01. The third-order valence-electron chi connectivity index (χ3n) is 2.90. The van der Waals surface area contributed by atoms with Crippen molar-refractivity contribution in [3.8, 4) is 0 Å². The Morgan fingerprint density at radius 1 is 1.45 bits per heavy atom. The fourth-order valence-electron chi connectivity index (χ4n) is 1.65. The molecule has 0 aliphatic carbocycles. The van der Waals surface area contributed by atoms with E-state index in [2.05, 4.69) is 41.4 Å². The average molecular weight is 273 g/mol. The molecule has 2 N–H and O–H groups in total. The third-order valence-corrected chi connectivity index (χ3v) is 2.90. The van der Waals surface area contributed by atoms with Gasteiger partial charge in [0.2, 0.25) is 5.91 Å². The highest BCUT2D eigenvalue weighted by Gasteiger charge is 2.16. The monoisotopic (exact) mass is 273 g/mol. The number of aromatic nitrogens is 4. The summed E-state index contributed by atoms with van der Waals surface area (Å²) in [6.07, 6.45) is 4.85. The average Bonchev–Trinajstić information content (AvgIpc) is 2.95. The summed E-state index contributed by atoms with van der Waals surface area (Å²) >= 11 is 0. The maximum atomic E-state index is 11.8. The Labute approximate surface area is 117 Å². The van der Waals surface area contributed by atoms with Gasteiger partial charge < -0.3 is 5.32 Å². The van der Waals surface area contributed by atoms with E-state index in [1.807, 2.05) is 19.2 Å². The predicted octanol–water partition coefficient (Wildman–Crippen LogP) is 2.09. The highest BCUT2D eigenvalue weighted by Crippen LogP contribution is 2.21. The van der Waals surface area contributed by atoms with E-state index in [1.165, 1.54) is 6.08 Å². The van der Waals surface area contributed by atoms with E-state index in [9.17, 15) is 4.79 Å². The molecule has 0 aromatic carbocycles. The second-order valence-electron chi connectivity index (χ2n) is 5.62. The first kappa shape index (κ1) is 14.0. The Bertz CT molecular complexity index is 630. The first-order valence-electron chi connectivity index (χ1n) is 6.39. The van der Waals surface area contributed by atoms with Crippen LogP contribution in [0.3, 0.4) is 0 Å². The molecule has 2 heterocycles. The summed E-state index contributed by atoms with van der Waals surface area (Å²) in [4.78, 5) is 11.8. The van der Waals surface area contributed by atoms with Gasteiger partial charge in [-0.1, -0.05) is 20.8 Å². The third kappa shape index (κ3) is 3.34. The minimum atomic E-state index is -0.224. The van der Waals surface area contributed by atoms with Crippen molar-refractivity contribution in [3.63, 3.8) is 0 Å². The Hall–Kier alpha value is -2.37. The number of carbonyl (C=O) groups excluding carboxylic acids is 1. The van der Waals surface area contributed by atoms with Crippen LogP contribution in [0.15, 0.2) is 24.4 Å². The fourth-order valence-corrected chi connectivity index (χ4v) is 1.65. The van der Waals surface area contributed by atoms with Crippen LogP contribution in [0.2, 0.25) is 0 Å². The van der Waals surface area contributed by atoms with Crippen LogP contribution in [0, 0.1) is 0 Å². The number of amides is 1. The number of nitrogens with zero attached hydrogens (tertiary/aromatic N) is 3. The zero-order valence-electron chi connectivity index (χ0n) is 12.1. The van der Waals surface area contributed by atoms with Crippen molar-refractivity contribution in [1.29, 1.82) is 0 Å². The van der Waals surface area contributed by atoms with E-state index in [0.717, 1.165) is 11.4 Å². The van der Waals surface area contributed by atoms with E-state index in [-0.39, 0.29) is 11.3 Å². The molecule has 20 heavy (non-hydrogen) atoms. The molecule has 0 saturated carbocycles. The number of nitrogens with one attached hydrogen (secondary N) is 2. The van der Waals surface area contributed by atoms with E-state index in [1.54, 1.807) is 17.0 Å². The van der Waals surface area contributed by atoms with Gasteiger partial charge in [0.05, 0.1) is 5.69 Å². The summed E-state index contributed by atoms with van der Waals surface area (Å²) in [5, 5.41) is 13.7. The van der Waals surface area contributed by atoms with Crippen LogP contribution in [0.4, 0.5) is 5.82 Å². The largest absolute Gasteiger partial charge is 0.306 e. The zero-order chi connectivity index (χ0) is 14.8. The number of hydrogen-bond acceptors (Lipinski definition) is 3. The van der Waals surface area contributed by atoms with Crippen molar-refractivity contribution in [2.24, 2.45) is 7.05 Å². The molecular weight excluding hydrogens is 254 g/mol. The summed E-state index contributed by atoms with van der Waals surface area (Å²) in [6.45, 7) is 6.23. The molecule has 0 saturated heterocycles. The van der Waals surface area contributed by atoms with Crippen LogP contribution in [0.25, 0.3) is 6.08 Å². The van der Waals surface area contributed by atoms with Crippen molar-refractivity contribution >= 4 is 17.8 Å². The quantitative estimate of drug-likeness (QED) is 0.841. The normalized spacial score (nSPS) is 12.0. The molecular formula is C14H19N5O. The lowest BCUT2D eigenvalue weighted by molar-refractivity contribution is -0.111. The van der Waals surface area contributed by atoms with Crippen LogP contribution in [0.5, 0.6) is 0 Å². The first-order valence-corrected chi connectivity index (χ1v) is 6.39. The molecule has 6 nitrogen and oxygen atoms in total. The molecule has 106 valence electrons. The Morgan fingerprint density at radius 2 is 2.20 bits per heavy atom. The lowest BCUT2D eigenvalue weighted by Gasteiger charge is -2.14. The van der Waals surface area contributed by atoms with Gasteiger partial charge in [-0.2, -0.15) is 10.2 Å². The summed E-state index contributed by atoms with van der Waals surface area (Å²) < 4.78 is 1.69. The summed E-state index contributed by atoms with van der Waals surface area (Å²) in [7, 11) is 1.82. The van der Waals surface area contributed by atoms with Gasteiger partial charge in [0.25, 0.3) is 0 Å². The van der Waals surface area contributed by atoms with Crippen molar-refractivity contribution in [2.45, 2.75) is 26.2 Å². The molecule has 2 aromatic rings. The summed E-state index contributed by atoms with van der Waals surface area (Å²) in [5.41, 5.74) is 1.81. The van der Waals surface area contributed by atoms with Crippen molar-refractivity contribution in [3.05, 3.63) is 35.8 Å². The van der Waals surface area contributed by atoms with E-state index < -0.39 is 0 Å². The molecule has 0 atom stereocenters. The van der Waals surface area contributed by atoms with Gasteiger partial charge in [-0.25, -0.2) is 0 Å². The molecule has 0 spiro atoms. The Kier molecular flexibility index (Phi) is 3.74. The smallest absolute Gasteiger partial charge is 0.249 e. The van der Waals surface area contributed by atoms with Crippen molar-refractivity contribution < 1.29 is 4.79 Å². The van der Waals surface area contributed by atoms with Gasteiger partial charge in [0.15, 0.2) is 5.82 Å². The molecule has 6 heteroatoms. The van der Waals surface area contributed by atoms with Gasteiger partial charge in [-0.05, 0) is 12.1 Å². The number of carbonyl (C=O) groups is 1. The van der Waals surface area contributed by atoms with Crippen LogP contribution in [-0.2, 0) is 17.3 Å². The molecule has 0 bridgehead atoms. The SMILES string of the molecule is Cn1nccc1/C=C/C(=O)Nc1cc(C(C)(C)C)[nH]n1. The summed E-state index contributed by atoms with van der Waals surface area (Å²) in [5.74, 6) is 0.299. The molecule has 0 radical (unpaired) electrons. The second kappa shape index (κ2) is 5.32. The maximum Gasteiger partial charge on any atom is 0.249 e. The number of H-pyrrole nitrogens is 1. The second-order valence-corrected chi connectivity index (χ2v) is 5.62. The number of hydrogen-bond donors (Lipinski definition) is 2. The van der Waals surface area contributed by atoms with Crippen LogP contribution < -0.4 is 5.32 Å². The Morgan fingerprint density at radius 3 is 2.75 bits per heavy atom. The van der Waals surface area contributed by atoms with E-state index in [0.29, 0.717) is 5.82 Å². The molecule has 2 rings (SSSR count). The first-order chi connectivity index (χ1) is 9.36. The number of rotatable bonds is 3. The summed E-state index contributed by atoms with van der Waals surface area (Å²) in [6, 6.07) is 3.67. The molecule has 2 aromatic heterocycles. The van der Waals surface area contributed by atoms with Crippen LogP contribution in [-0.4, -0.2) is 25.9 Å². The molecule has 0 unspecified atom stereocenters. The predicted molar refractivity (Wildman–Crippen MR) is 78.2 cm³/mol. The lowest BCUT2D eigenvalue weighted by atomic mass is 9.92. The minimum Gasteiger partial charge on any atom is -0.306 e. The van der Waals surface area contributed by atoms with Crippen LogP contribution in [0.1, 0.15) is 32.2 Å². The molecule has 0 fully saturated rings. The van der Waals surface area contributed by atoms with Gasteiger partial charge in [0.1, 0.15) is 0 Å². The minimum absolute atomic E-state index is 0.0273. The van der Waals surface area contributed by atoms with Gasteiger partial charge in [-0.3, -0.25) is 14.6 Å². The number of aryl methyl sites for hydroxylation is 1. The fraction of sp³-hybridized carbons (Fsp3) is 0.357. The molecule has 1 amide bonds. The van der Waals surface area contributed by atoms with Crippen molar-refractivity contribution in [1.82, 2.24) is 20.0 Å². The Balaban J connectivity index is 2.00. The standard InChI is InChI=1S/C14H19N5O/c1-14(2,3)11-9-12(18-17-11)16-13(20)6-5-10-7-8-15-19(10)4/h5-9H,1-4H3,(H2,16,17,18,20)/b6-5+. The topological polar surface area (TPSA) is 75.6 Å². The molecule has 0 aliphatic rings. The van der Waals surface area contributed by atoms with Crippen LogP contribution >= 0.6 is 0 Å². The molecule has 0 aliphatic heterocycles. The van der Waals surface area contributed by atoms with Gasteiger partial charge >= 0.3 is 0 Å². The maximum absolute atomic E-state index is 11.8.